The lowest BCUT2D eigenvalue weighted by Gasteiger charge is -2.24. The van der Waals surface area contributed by atoms with Crippen LogP contribution in [-0.2, 0) is 6.42 Å². The molecule has 1 saturated carbocycles. The maximum absolute atomic E-state index is 6.36. The third-order valence-electron chi connectivity index (χ3n) is 3.34. The average molecular weight is 253 g/mol. The van der Waals surface area contributed by atoms with E-state index in [0.717, 1.165) is 30.5 Å². The second kappa shape index (κ2) is 5.74. The molecule has 94 valence electrons. The highest BCUT2D eigenvalue weighted by Crippen LogP contribution is 2.34. The van der Waals surface area contributed by atoms with Gasteiger partial charge in [0, 0.05) is 13.1 Å². The number of rotatable bonds is 6. The van der Waals surface area contributed by atoms with Crippen molar-refractivity contribution in [1.82, 2.24) is 0 Å². The Labute approximate surface area is 109 Å². The molecule has 0 aromatic heterocycles. The average Bonchev–Trinajstić information content (AvgIpc) is 3.11. The molecular formula is C14H21ClN2. The maximum atomic E-state index is 6.36. The molecular weight excluding hydrogens is 232 g/mol. The zero-order valence-electron chi connectivity index (χ0n) is 10.5. The van der Waals surface area contributed by atoms with Crippen molar-refractivity contribution < 1.29 is 0 Å². The van der Waals surface area contributed by atoms with Crippen molar-refractivity contribution >= 4 is 17.3 Å². The predicted octanol–water partition coefficient (Wildman–Crippen LogP) is 3.08. The summed E-state index contributed by atoms with van der Waals surface area (Å²) >= 11 is 6.36. The van der Waals surface area contributed by atoms with Gasteiger partial charge in [-0.05, 0) is 56.3 Å². The minimum Gasteiger partial charge on any atom is -0.370 e. The monoisotopic (exact) mass is 252 g/mol. The molecule has 2 rings (SSSR count). The lowest BCUT2D eigenvalue weighted by Crippen LogP contribution is -2.25. The van der Waals surface area contributed by atoms with Gasteiger partial charge in [-0.25, -0.2) is 0 Å². The van der Waals surface area contributed by atoms with Crippen LogP contribution in [0.15, 0.2) is 18.2 Å². The largest absolute Gasteiger partial charge is 0.370 e. The highest BCUT2D eigenvalue weighted by atomic mass is 35.5. The fourth-order valence-electron chi connectivity index (χ4n) is 2.14. The number of anilines is 1. The van der Waals surface area contributed by atoms with Crippen LogP contribution in [0.2, 0.25) is 5.02 Å². The predicted molar refractivity (Wildman–Crippen MR) is 74.8 cm³/mol. The lowest BCUT2D eigenvalue weighted by molar-refractivity contribution is 0.742. The van der Waals surface area contributed by atoms with Gasteiger partial charge in [-0.3, -0.25) is 0 Å². The van der Waals surface area contributed by atoms with Gasteiger partial charge in [-0.1, -0.05) is 17.7 Å². The summed E-state index contributed by atoms with van der Waals surface area (Å²) in [5, 5.41) is 0.860. The summed E-state index contributed by atoms with van der Waals surface area (Å²) in [6, 6.07) is 6.34. The van der Waals surface area contributed by atoms with Gasteiger partial charge in [0.2, 0.25) is 0 Å². The van der Waals surface area contributed by atoms with Crippen molar-refractivity contribution in [3.63, 3.8) is 0 Å². The van der Waals surface area contributed by atoms with Gasteiger partial charge < -0.3 is 10.6 Å². The van der Waals surface area contributed by atoms with Crippen LogP contribution in [0.3, 0.4) is 0 Å². The molecule has 0 radical (unpaired) electrons. The van der Waals surface area contributed by atoms with Crippen molar-refractivity contribution in [1.29, 1.82) is 0 Å². The van der Waals surface area contributed by atoms with E-state index in [9.17, 15) is 0 Å². The molecule has 3 heteroatoms. The normalized spacial score (nSPS) is 15.0. The van der Waals surface area contributed by atoms with Gasteiger partial charge in [0.1, 0.15) is 0 Å². The van der Waals surface area contributed by atoms with Crippen molar-refractivity contribution in [2.24, 2.45) is 11.7 Å². The van der Waals surface area contributed by atoms with Crippen molar-refractivity contribution in [3.05, 3.63) is 28.8 Å². The van der Waals surface area contributed by atoms with Crippen LogP contribution in [0.4, 0.5) is 5.69 Å². The van der Waals surface area contributed by atoms with Crippen LogP contribution in [0.1, 0.15) is 25.3 Å². The first-order chi connectivity index (χ1) is 8.24. The van der Waals surface area contributed by atoms with Gasteiger partial charge in [0.25, 0.3) is 0 Å². The zero-order valence-corrected chi connectivity index (χ0v) is 11.2. The molecule has 0 aliphatic heterocycles. The van der Waals surface area contributed by atoms with E-state index in [-0.39, 0.29) is 0 Å². The summed E-state index contributed by atoms with van der Waals surface area (Å²) < 4.78 is 0. The Hall–Kier alpha value is -0.730. The number of nitrogens with two attached hydrogens (primary N) is 1. The molecule has 0 heterocycles. The molecule has 0 saturated heterocycles. The van der Waals surface area contributed by atoms with Crippen LogP contribution < -0.4 is 10.6 Å². The Kier molecular flexibility index (Phi) is 4.30. The van der Waals surface area contributed by atoms with Crippen molar-refractivity contribution in [3.8, 4) is 0 Å². The van der Waals surface area contributed by atoms with E-state index in [1.807, 2.05) is 0 Å². The first-order valence-electron chi connectivity index (χ1n) is 6.48. The maximum Gasteiger partial charge on any atom is 0.0642 e. The molecule has 0 atom stereocenters. The first-order valence-corrected chi connectivity index (χ1v) is 6.85. The van der Waals surface area contributed by atoms with Crippen LogP contribution >= 0.6 is 11.6 Å². The van der Waals surface area contributed by atoms with E-state index in [4.69, 9.17) is 17.3 Å². The highest BCUT2D eigenvalue weighted by molar-refractivity contribution is 6.33. The molecule has 1 aromatic carbocycles. The fourth-order valence-corrected chi connectivity index (χ4v) is 2.46. The minimum atomic E-state index is 0.676. The van der Waals surface area contributed by atoms with Gasteiger partial charge in [-0.2, -0.15) is 0 Å². The Bertz CT molecular complexity index is 374. The first kappa shape index (κ1) is 12.7. The van der Waals surface area contributed by atoms with E-state index in [2.05, 4.69) is 30.0 Å². The second-order valence-electron chi connectivity index (χ2n) is 4.81. The molecule has 1 aromatic rings. The van der Waals surface area contributed by atoms with Crippen LogP contribution in [0, 0.1) is 5.92 Å². The highest BCUT2D eigenvalue weighted by Gasteiger charge is 2.24. The van der Waals surface area contributed by atoms with E-state index in [0.29, 0.717) is 6.54 Å². The third kappa shape index (κ3) is 3.36. The standard InChI is InChI=1S/C14H21ClN2/c1-2-17(10-12-3-4-12)14-6-5-11(7-8-16)9-13(14)15/h5-6,9,12H,2-4,7-8,10,16H2,1H3. The van der Waals surface area contributed by atoms with Crippen molar-refractivity contribution in [2.75, 3.05) is 24.5 Å². The van der Waals surface area contributed by atoms with Gasteiger partial charge in [0.05, 0.1) is 10.7 Å². The molecule has 1 aliphatic rings. The summed E-state index contributed by atoms with van der Waals surface area (Å²) in [4.78, 5) is 2.38. The molecule has 1 aliphatic carbocycles. The lowest BCUT2D eigenvalue weighted by atomic mass is 10.1. The molecule has 1 fully saturated rings. The van der Waals surface area contributed by atoms with E-state index in [1.54, 1.807) is 0 Å². The smallest absolute Gasteiger partial charge is 0.0642 e. The van der Waals surface area contributed by atoms with E-state index in [1.165, 1.54) is 24.1 Å². The molecule has 0 unspecified atom stereocenters. The molecule has 2 nitrogen and oxygen atoms in total. The summed E-state index contributed by atoms with van der Waals surface area (Å²) in [6.07, 6.45) is 3.65. The zero-order chi connectivity index (χ0) is 12.3. The summed E-state index contributed by atoms with van der Waals surface area (Å²) in [5.41, 5.74) is 7.95. The Morgan fingerprint density at radius 3 is 2.71 bits per heavy atom. The molecule has 0 amide bonds. The molecule has 0 bridgehead atoms. The minimum absolute atomic E-state index is 0.676. The Morgan fingerprint density at radius 1 is 1.41 bits per heavy atom. The van der Waals surface area contributed by atoms with Gasteiger partial charge in [-0.15, -0.1) is 0 Å². The Balaban J connectivity index is 2.12. The quantitative estimate of drug-likeness (QED) is 0.843. The Morgan fingerprint density at radius 2 is 2.18 bits per heavy atom. The van der Waals surface area contributed by atoms with Crippen LogP contribution in [0.25, 0.3) is 0 Å². The van der Waals surface area contributed by atoms with Crippen molar-refractivity contribution in [2.45, 2.75) is 26.2 Å². The number of hydrogen-bond donors (Lipinski definition) is 1. The van der Waals surface area contributed by atoms with Gasteiger partial charge >= 0.3 is 0 Å². The number of hydrogen-bond acceptors (Lipinski definition) is 2. The van der Waals surface area contributed by atoms with Crippen LogP contribution in [0.5, 0.6) is 0 Å². The second-order valence-corrected chi connectivity index (χ2v) is 5.21. The third-order valence-corrected chi connectivity index (χ3v) is 3.65. The summed E-state index contributed by atoms with van der Waals surface area (Å²) in [5.74, 6) is 0.884. The van der Waals surface area contributed by atoms with Crippen LogP contribution in [-0.4, -0.2) is 19.6 Å². The summed E-state index contributed by atoms with van der Waals surface area (Å²) in [7, 11) is 0. The SMILES string of the molecule is CCN(CC1CC1)c1ccc(CCN)cc1Cl. The molecule has 17 heavy (non-hydrogen) atoms. The molecule has 0 spiro atoms. The topological polar surface area (TPSA) is 29.3 Å². The fraction of sp³-hybridized carbons (Fsp3) is 0.571. The van der Waals surface area contributed by atoms with E-state index >= 15 is 0 Å². The summed E-state index contributed by atoms with van der Waals surface area (Å²) in [6.45, 7) is 5.03. The van der Waals surface area contributed by atoms with Gasteiger partial charge in [0.15, 0.2) is 0 Å². The number of nitrogens with zero attached hydrogens (tertiary/aromatic N) is 1. The number of halogens is 1. The molecule has 2 N–H and O–H groups in total. The number of benzene rings is 1. The van der Waals surface area contributed by atoms with E-state index < -0.39 is 0 Å².